The Morgan fingerprint density at radius 2 is 2.24 bits per heavy atom. The van der Waals surface area contributed by atoms with E-state index in [1.165, 1.54) is 17.7 Å². The SMILES string of the molecule is O=C(NCc1sccc1Br)C1CCCN1C1CCNCC1. The molecule has 1 atom stereocenters. The molecule has 2 N–H and O–H groups in total. The number of nitrogens with zero attached hydrogens (tertiary/aromatic N) is 1. The van der Waals surface area contributed by atoms with Crippen molar-refractivity contribution in [2.24, 2.45) is 0 Å². The Bertz CT molecular complexity index is 487. The van der Waals surface area contributed by atoms with Gasteiger partial charge in [-0.3, -0.25) is 9.69 Å². The molecule has 1 aromatic heterocycles. The topological polar surface area (TPSA) is 44.4 Å². The minimum absolute atomic E-state index is 0.0758. The third-order valence-electron chi connectivity index (χ3n) is 4.49. The molecule has 116 valence electrons. The van der Waals surface area contributed by atoms with Crippen molar-refractivity contribution in [2.75, 3.05) is 19.6 Å². The number of halogens is 1. The highest BCUT2D eigenvalue weighted by Gasteiger charge is 2.35. The number of piperidine rings is 1. The van der Waals surface area contributed by atoms with E-state index in [1.54, 1.807) is 11.3 Å². The molecule has 0 saturated carbocycles. The fraction of sp³-hybridized carbons (Fsp3) is 0.667. The van der Waals surface area contributed by atoms with Crippen LogP contribution >= 0.6 is 27.3 Å². The number of hydrogen-bond donors (Lipinski definition) is 2. The van der Waals surface area contributed by atoms with Crippen molar-refractivity contribution in [3.05, 3.63) is 20.8 Å². The van der Waals surface area contributed by atoms with E-state index in [2.05, 4.69) is 31.5 Å². The molecule has 0 aliphatic carbocycles. The minimum Gasteiger partial charge on any atom is -0.350 e. The molecule has 3 heterocycles. The molecule has 0 spiro atoms. The summed E-state index contributed by atoms with van der Waals surface area (Å²) in [7, 11) is 0. The third-order valence-corrected chi connectivity index (χ3v) is 6.42. The number of carbonyl (C=O) groups is 1. The van der Waals surface area contributed by atoms with Gasteiger partial charge in [0.25, 0.3) is 0 Å². The van der Waals surface area contributed by atoms with E-state index in [1.807, 2.05) is 11.4 Å². The lowest BCUT2D eigenvalue weighted by Gasteiger charge is -2.35. The smallest absolute Gasteiger partial charge is 0.237 e. The first kappa shape index (κ1) is 15.5. The van der Waals surface area contributed by atoms with Crippen molar-refractivity contribution < 1.29 is 4.79 Å². The summed E-state index contributed by atoms with van der Waals surface area (Å²) in [5.41, 5.74) is 0. The second-order valence-corrected chi connectivity index (χ2v) is 7.64. The summed E-state index contributed by atoms with van der Waals surface area (Å²) in [6.45, 7) is 3.87. The van der Waals surface area contributed by atoms with E-state index in [4.69, 9.17) is 0 Å². The maximum absolute atomic E-state index is 12.5. The van der Waals surface area contributed by atoms with Crippen LogP contribution in [0.15, 0.2) is 15.9 Å². The maximum Gasteiger partial charge on any atom is 0.237 e. The van der Waals surface area contributed by atoms with Crippen LogP contribution < -0.4 is 10.6 Å². The molecular weight excluding hydrogens is 350 g/mol. The molecule has 2 fully saturated rings. The highest BCUT2D eigenvalue weighted by atomic mass is 79.9. The first-order valence-electron chi connectivity index (χ1n) is 7.72. The zero-order valence-electron chi connectivity index (χ0n) is 12.1. The van der Waals surface area contributed by atoms with Gasteiger partial charge in [0.15, 0.2) is 0 Å². The van der Waals surface area contributed by atoms with Crippen LogP contribution in [-0.4, -0.2) is 42.5 Å². The summed E-state index contributed by atoms with van der Waals surface area (Å²) in [6.07, 6.45) is 4.48. The summed E-state index contributed by atoms with van der Waals surface area (Å²) in [5, 5.41) is 8.57. The molecule has 1 unspecified atom stereocenters. The van der Waals surface area contributed by atoms with Gasteiger partial charge in [-0.05, 0) is 72.7 Å². The minimum atomic E-state index is 0.0758. The molecule has 1 aromatic rings. The molecule has 4 nitrogen and oxygen atoms in total. The average molecular weight is 372 g/mol. The molecule has 0 radical (unpaired) electrons. The van der Waals surface area contributed by atoms with Gasteiger partial charge in [0.05, 0.1) is 12.6 Å². The number of nitrogens with one attached hydrogen (secondary N) is 2. The molecule has 6 heteroatoms. The number of hydrogen-bond acceptors (Lipinski definition) is 4. The number of carbonyl (C=O) groups excluding carboxylic acids is 1. The quantitative estimate of drug-likeness (QED) is 0.853. The number of likely N-dealkylation sites (tertiary alicyclic amines) is 1. The Morgan fingerprint density at radius 3 is 2.95 bits per heavy atom. The van der Waals surface area contributed by atoms with Crippen molar-refractivity contribution in [1.29, 1.82) is 0 Å². The van der Waals surface area contributed by atoms with E-state index < -0.39 is 0 Å². The molecule has 2 aliphatic heterocycles. The Labute approximate surface area is 138 Å². The van der Waals surface area contributed by atoms with Crippen LogP contribution in [0, 0.1) is 0 Å². The molecule has 0 bridgehead atoms. The standard InChI is InChI=1S/C15H22BrN3OS/c16-12-5-9-21-14(12)10-18-15(20)13-2-1-8-19(13)11-3-6-17-7-4-11/h5,9,11,13,17H,1-4,6-8,10H2,(H,18,20). The zero-order valence-corrected chi connectivity index (χ0v) is 14.5. The molecule has 1 amide bonds. The van der Waals surface area contributed by atoms with E-state index >= 15 is 0 Å². The van der Waals surface area contributed by atoms with Crippen LogP contribution in [0.25, 0.3) is 0 Å². The van der Waals surface area contributed by atoms with Gasteiger partial charge in [0.2, 0.25) is 5.91 Å². The predicted molar refractivity (Wildman–Crippen MR) is 89.5 cm³/mol. The second-order valence-electron chi connectivity index (χ2n) is 5.79. The summed E-state index contributed by atoms with van der Waals surface area (Å²) in [6, 6.07) is 2.69. The molecule has 0 aromatic carbocycles. The first-order chi connectivity index (χ1) is 10.3. The fourth-order valence-corrected chi connectivity index (χ4v) is 4.81. The van der Waals surface area contributed by atoms with E-state index in [-0.39, 0.29) is 11.9 Å². The first-order valence-corrected chi connectivity index (χ1v) is 9.39. The van der Waals surface area contributed by atoms with Crippen molar-refractivity contribution in [3.63, 3.8) is 0 Å². The maximum atomic E-state index is 12.5. The Kier molecular flexibility index (Phi) is 5.32. The Balaban J connectivity index is 1.56. The summed E-state index contributed by atoms with van der Waals surface area (Å²) in [4.78, 5) is 16.2. The van der Waals surface area contributed by atoms with Crippen LogP contribution in [0.3, 0.4) is 0 Å². The van der Waals surface area contributed by atoms with Crippen molar-refractivity contribution in [1.82, 2.24) is 15.5 Å². The Hall–Kier alpha value is -0.430. The lowest BCUT2D eigenvalue weighted by molar-refractivity contribution is -0.126. The van der Waals surface area contributed by atoms with Gasteiger partial charge < -0.3 is 10.6 Å². The third kappa shape index (κ3) is 3.67. The predicted octanol–water partition coefficient (Wildman–Crippen LogP) is 2.34. The highest BCUT2D eigenvalue weighted by Crippen LogP contribution is 2.25. The van der Waals surface area contributed by atoms with E-state index in [0.29, 0.717) is 12.6 Å². The van der Waals surface area contributed by atoms with E-state index in [0.717, 1.165) is 36.9 Å². The largest absolute Gasteiger partial charge is 0.350 e. The van der Waals surface area contributed by atoms with Crippen molar-refractivity contribution >= 4 is 33.2 Å². The second kappa shape index (κ2) is 7.22. The van der Waals surface area contributed by atoms with Gasteiger partial charge in [-0.15, -0.1) is 11.3 Å². The van der Waals surface area contributed by atoms with Gasteiger partial charge in [-0.1, -0.05) is 0 Å². The van der Waals surface area contributed by atoms with Gasteiger partial charge in [-0.25, -0.2) is 0 Å². The lowest BCUT2D eigenvalue weighted by atomic mass is 10.0. The van der Waals surface area contributed by atoms with Crippen LogP contribution in [0.2, 0.25) is 0 Å². The van der Waals surface area contributed by atoms with Crippen LogP contribution in [-0.2, 0) is 11.3 Å². The van der Waals surface area contributed by atoms with Crippen LogP contribution in [0.1, 0.15) is 30.6 Å². The van der Waals surface area contributed by atoms with Crippen molar-refractivity contribution in [3.8, 4) is 0 Å². The average Bonchev–Trinajstić information content (AvgIpc) is 3.15. The molecular formula is C15H22BrN3OS. The zero-order chi connectivity index (χ0) is 14.7. The number of thiophene rings is 1. The summed E-state index contributed by atoms with van der Waals surface area (Å²) < 4.78 is 1.09. The normalized spacial score (nSPS) is 24.3. The number of amides is 1. The van der Waals surface area contributed by atoms with E-state index in [9.17, 15) is 4.79 Å². The Morgan fingerprint density at radius 1 is 1.43 bits per heavy atom. The van der Waals surface area contributed by atoms with Gasteiger partial charge in [0, 0.05) is 15.4 Å². The number of rotatable bonds is 4. The summed E-state index contributed by atoms with van der Waals surface area (Å²) >= 11 is 5.20. The van der Waals surface area contributed by atoms with Gasteiger partial charge in [0.1, 0.15) is 0 Å². The van der Waals surface area contributed by atoms with Crippen LogP contribution in [0.5, 0.6) is 0 Å². The highest BCUT2D eigenvalue weighted by molar-refractivity contribution is 9.10. The van der Waals surface area contributed by atoms with Gasteiger partial charge >= 0.3 is 0 Å². The lowest BCUT2D eigenvalue weighted by Crippen LogP contribution is -2.50. The molecule has 21 heavy (non-hydrogen) atoms. The molecule has 3 rings (SSSR count). The monoisotopic (exact) mass is 371 g/mol. The molecule has 2 aliphatic rings. The van der Waals surface area contributed by atoms with Crippen molar-refractivity contribution in [2.45, 2.75) is 44.3 Å². The summed E-state index contributed by atoms with van der Waals surface area (Å²) in [5.74, 6) is 0.200. The van der Waals surface area contributed by atoms with Crippen LogP contribution in [0.4, 0.5) is 0 Å². The van der Waals surface area contributed by atoms with Gasteiger partial charge in [-0.2, -0.15) is 0 Å². The fourth-order valence-electron chi connectivity index (χ4n) is 3.38. The molecule has 2 saturated heterocycles.